The lowest BCUT2D eigenvalue weighted by atomic mass is 10.3. The summed E-state index contributed by atoms with van der Waals surface area (Å²) in [5.41, 5.74) is 0.626. The molecule has 9 heteroatoms. The van der Waals surface area contributed by atoms with Gasteiger partial charge in [0.05, 0.1) is 12.1 Å². The first-order chi connectivity index (χ1) is 10.5. The molecule has 8 nitrogen and oxygen atoms in total. The highest BCUT2D eigenvalue weighted by atomic mass is 32.1. The minimum atomic E-state index is -0.232. The molecule has 0 aliphatic carbocycles. The zero-order valence-corrected chi connectivity index (χ0v) is 13.4. The molecule has 2 rings (SSSR count). The molecule has 1 aromatic heterocycles. The molecule has 22 heavy (non-hydrogen) atoms. The SMILES string of the molecule is CNC(=O)Cc1csc(NC(=O)N2CCN(C(C)=O)CC2)n1. The maximum atomic E-state index is 12.1. The van der Waals surface area contributed by atoms with Crippen molar-refractivity contribution in [1.29, 1.82) is 0 Å². The Morgan fingerprint density at radius 1 is 1.23 bits per heavy atom. The molecule has 0 aromatic carbocycles. The molecule has 1 aromatic rings. The molecule has 1 aliphatic heterocycles. The van der Waals surface area contributed by atoms with E-state index in [1.54, 1.807) is 22.2 Å². The van der Waals surface area contributed by atoms with E-state index < -0.39 is 0 Å². The molecule has 2 N–H and O–H groups in total. The molecule has 0 saturated carbocycles. The second kappa shape index (κ2) is 7.21. The highest BCUT2D eigenvalue weighted by molar-refractivity contribution is 7.13. The lowest BCUT2D eigenvalue weighted by Crippen LogP contribution is -2.51. The van der Waals surface area contributed by atoms with Crippen LogP contribution in [-0.2, 0) is 16.0 Å². The van der Waals surface area contributed by atoms with E-state index in [4.69, 9.17) is 0 Å². The second-order valence-electron chi connectivity index (χ2n) is 4.92. The topological polar surface area (TPSA) is 94.6 Å². The highest BCUT2D eigenvalue weighted by Gasteiger charge is 2.22. The van der Waals surface area contributed by atoms with E-state index >= 15 is 0 Å². The standard InChI is InChI=1S/C13H19N5O3S/c1-9(19)17-3-5-18(6-4-17)13(21)16-12-15-10(8-22-12)7-11(20)14-2/h8H,3-7H2,1-2H3,(H,14,20)(H,15,16,21). The number of likely N-dealkylation sites (N-methyl/N-ethyl adjacent to an activating group) is 1. The summed E-state index contributed by atoms with van der Waals surface area (Å²) in [6.45, 7) is 3.62. The largest absolute Gasteiger partial charge is 0.359 e. The fraction of sp³-hybridized carbons (Fsp3) is 0.538. The van der Waals surface area contributed by atoms with Crippen LogP contribution in [0.1, 0.15) is 12.6 Å². The average molecular weight is 325 g/mol. The number of aromatic nitrogens is 1. The highest BCUT2D eigenvalue weighted by Crippen LogP contribution is 2.16. The Labute approximate surface area is 132 Å². The molecule has 1 fully saturated rings. The van der Waals surface area contributed by atoms with Crippen LogP contribution in [0.15, 0.2) is 5.38 Å². The van der Waals surface area contributed by atoms with Gasteiger partial charge in [0, 0.05) is 45.5 Å². The van der Waals surface area contributed by atoms with Crippen molar-refractivity contribution >= 4 is 34.3 Å². The minimum Gasteiger partial charge on any atom is -0.359 e. The Bertz CT molecular complexity index is 566. The van der Waals surface area contributed by atoms with E-state index in [9.17, 15) is 14.4 Å². The number of nitrogens with one attached hydrogen (secondary N) is 2. The number of piperazine rings is 1. The summed E-state index contributed by atoms with van der Waals surface area (Å²) in [4.78, 5) is 42.2. The van der Waals surface area contributed by atoms with Crippen molar-refractivity contribution in [1.82, 2.24) is 20.1 Å². The third-order valence-corrected chi connectivity index (χ3v) is 4.20. The first-order valence-corrected chi connectivity index (χ1v) is 7.84. The third-order valence-electron chi connectivity index (χ3n) is 3.40. The fourth-order valence-electron chi connectivity index (χ4n) is 2.09. The number of carbonyl (C=O) groups is 3. The summed E-state index contributed by atoms with van der Waals surface area (Å²) in [5, 5.41) is 7.47. The first-order valence-electron chi connectivity index (χ1n) is 6.96. The Hall–Kier alpha value is -2.16. The van der Waals surface area contributed by atoms with Gasteiger partial charge in [0.1, 0.15) is 0 Å². The smallest absolute Gasteiger partial charge is 0.323 e. The molecule has 4 amide bonds. The van der Waals surface area contributed by atoms with Crippen LogP contribution in [0.25, 0.3) is 0 Å². The van der Waals surface area contributed by atoms with Crippen LogP contribution in [0.4, 0.5) is 9.93 Å². The van der Waals surface area contributed by atoms with Crippen molar-refractivity contribution in [3.05, 3.63) is 11.1 Å². The van der Waals surface area contributed by atoms with Gasteiger partial charge in [0.2, 0.25) is 11.8 Å². The molecule has 0 spiro atoms. The van der Waals surface area contributed by atoms with Gasteiger partial charge in [-0.25, -0.2) is 9.78 Å². The number of rotatable bonds is 3. The van der Waals surface area contributed by atoms with Crippen LogP contribution in [0.5, 0.6) is 0 Å². The van der Waals surface area contributed by atoms with Gasteiger partial charge in [-0.3, -0.25) is 14.9 Å². The maximum absolute atomic E-state index is 12.1. The zero-order valence-electron chi connectivity index (χ0n) is 12.6. The van der Waals surface area contributed by atoms with Crippen LogP contribution in [-0.4, -0.2) is 65.9 Å². The first kappa shape index (κ1) is 16.2. The van der Waals surface area contributed by atoms with E-state index in [-0.39, 0.29) is 24.3 Å². The molecule has 120 valence electrons. The van der Waals surface area contributed by atoms with E-state index in [2.05, 4.69) is 15.6 Å². The number of amides is 4. The maximum Gasteiger partial charge on any atom is 0.323 e. The number of urea groups is 1. The van der Waals surface area contributed by atoms with Crippen molar-refractivity contribution in [3.8, 4) is 0 Å². The van der Waals surface area contributed by atoms with Crippen molar-refractivity contribution < 1.29 is 14.4 Å². The number of carbonyl (C=O) groups excluding carboxylic acids is 3. The van der Waals surface area contributed by atoms with Crippen LogP contribution in [0.2, 0.25) is 0 Å². The molecular weight excluding hydrogens is 306 g/mol. The number of thiazole rings is 1. The predicted molar refractivity (Wildman–Crippen MR) is 82.7 cm³/mol. The number of hydrogen-bond donors (Lipinski definition) is 2. The van der Waals surface area contributed by atoms with Gasteiger partial charge in [-0.1, -0.05) is 0 Å². The van der Waals surface area contributed by atoms with Gasteiger partial charge >= 0.3 is 6.03 Å². The predicted octanol–water partition coefficient (Wildman–Crippen LogP) is 0.128. The summed E-state index contributed by atoms with van der Waals surface area (Å²) in [7, 11) is 1.57. The molecular formula is C13H19N5O3S. The molecule has 0 bridgehead atoms. The Morgan fingerprint density at radius 3 is 2.45 bits per heavy atom. The monoisotopic (exact) mass is 325 g/mol. The van der Waals surface area contributed by atoms with Gasteiger partial charge in [-0.05, 0) is 0 Å². The van der Waals surface area contributed by atoms with Gasteiger partial charge in [-0.15, -0.1) is 11.3 Å². The minimum absolute atomic E-state index is 0.0267. The number of nitrogens with zero attached hydrogens (tertiary/aromatic N) is 3. The Kier molecular flexibility index (Phi) is 5.31. The number of hydrogen-bond acceptors (Lipinski definition) is 5. The molecule has 0 radical (unpaired) electrons. The molecule has 1 aliphatic rings. The van der Waals surface area contributed by atoms with Crippen LogP contribution in [0.3, 0.4) is 0 Å². The van der Waals surface area contributed by atoms with Crippen molar-refractivity contribution in [3.63, 3.8) is 0 Å². The van der Waals surface area contributed by atoms with Crippen molar-refractivity contribution in [2.45, 2.75) is 13.3 Å². The molecule has 0 unspecified atom stereocenters. The lowest BCUT2D eigenvalue weighted by Gasteiger charge is -2.33. The van der Waals surface area contributed by atoms with E-state index in [1.807, 2.05) is 0 Å². The summed E-state index contributed by atoms with van der Waals surface area (Å²) in [6, 6.07) is -0.232. The van der Waals surface area contributed by atoms with E-state index in [0.29, 0.717) is 37.0 Å². The van der Waals surface area contributed by atoms with Gasteiger partial charge in [0.25, 0.3) is 0 Å². The van der Waals surface area contributed by atoms with E-state index in [0.717, 1.165) is 0 Å². The average Bonchev–Trinajstić information content (AvgIpc) is 2.94. The van der Waals surface area contributed by atoms with Gasteiger partial charge in [0.15, 0.2) is 5.13 Å². The van der Waals surface area contributed by atoms with Crippen LogP contribution in [0, 0.1) is 0 Å². The molecule has 0 atom stereocenters. The van der Waals surface area contributed by atoms with Gasteiger partial charge in [-0.2, -0.15) is 0 Å². The Morgan fingerprint density at radius 2 is 1.86 bits per heavy atom. The normalized spacial score (nSPS) is 14.6. The third kappa shape index (κ3) is 4.17. The fourth-order valence-corrected chi connectivity index (χ4v) is 2.79. The number of anilines is 1. The summed E-state index contributed by atoms with van der Waals surface area (Å²) in [5.74, 6) is -0.0950. The summed E-state index contributed by atoms with van der Waals surface area (Å²) >= 11 is 1.29. The zero-order chi connectivity index (χ0) is 16.1. The lowest BCUT2D eigenvalue weighted by molar-refractivity contribution is -0.130. The summed E-state index contributed by atoms with van der Waals surface area (Å²) < 4.78 is 0. The van der Waals surface area contributed by atoms with E-state index in [1.165, 1.54) is 18.3 Å². The van der Waals surface area contributed by atoms with Crippen LogP contribution >= 0.6 is 11.3 Å². The second-order valence-corrected chi connectivity index (χ2v) is 5.78. The summed E-state index contributed by atoms with van der Waals surface area (Å²) in [6.07, 6.45) is 0.195. The quantitative estimate of drug-likeness (QED) is 0.826. The Balaban J connectivity index is 1.85. The molecule has 1 saturated heterocycles. The van der Waals surface area contributed by atoms with Gasteiger partial charge < -0.3 is 15.1 Å². The molecule has 2 heterocycles. The van der Waals surface area contributed by atoms with Crippen LogP contribution < -0.4 is 10.6 Å². The van der Waals surface area contributed by atoms with Crippen molar-refractivity contribution in [2.24, 2.45) is 0 Å². The van der Waals surface area contributed by atoms with Crippen molar-refractivity contribution in [2.75, 3.05) is 38.5 Å².